The molecule has 0 spiro atoms. The van der Waals surface area contributed by atoms with Crippen molar-refractivity contribution in [2.75, 3.05) is 0 Å². The highest BCUT2D eigenvalue weighted by Gasteiger charge is 2.06. The minimum Gasteiger partial charge on any atom is -0.0622 e. The SMILES string of the molecule is CCc1cccc(CC(C)c2ccccc2)c1. The third-order valence-electron chi connectivity index (χ3n) is 3.31. The van der Waals surface area contributed by atoms with E-state index in [2.05, 4.69) is 68.4 Å². The van der Waals surface area contributed by atoms with Gasteiger partial charge in [-0.25, -0.2) is 0 Å². The Morgan fingerprint density at radius 3 is 2.29 bits per heavy atom. The monoisotopic (exact) mass is 224 g/mol. The largest absolute Gasteiger partial charge is 0.0622 e. The van der Waals surface area contributed by atoms with Gasteiger partial charge >= 0.3 is 0 Å². The van der Waals surface area contributed by atoms with E-state index in [1.807, 2.05) is 0 Å². The van der Waals surface area contributed by atoms with Gasteiger partial charge in [0.2, 0.25) is 0 Å². The van der Waals surface area contributed by atoms with Crippen molar-refractivity contribution in [2.24, 2.45) is 0 Å². The molecule has 0 saturated heterocycles. The van der Waals surface area contributed by atoms with Crippen molar-refractivity contribution in [3.05, 3.63) is 71.3 Å². The number of hydrogen-bond donors (Lipinski definition) is 0. The Bertz CT molecular complexity index is 456. The van der Waals surface area contributed by atoms with Crippen molar-refractivity contribution in [3.8, 4) is 0 Å². The normalized spacial score (nSPS) is 12.4. The standard InChI is InChI=1S/C17H20/c1-3-15-8-7-9-16(13-15)12-14(2)17-10-5-4-6-11-17/h4-11,13-14H,3,12H2,1-2H3. The summed E-state index contributed by atoms with van der Waals surface area (Å²) in [6.07, 6.45) is 2.24. The maximum absolute atomic E-state index is 2.33. The molecule has 2 rings (SSSR count). The third kappa shape index (κ3) is 3.20. The molecule has 88 valence electrons. The highest BCUT2D eigenvalue weighted by molar-refractivity contribution is 5.27. The Kier molecular flexibility index (Phi) is 3.98. The van der Waals surface area contributed by atoms with Gasteiger partial charge in [0.05, 0.1) is 0 Å². The molecular formula is C17H20. The topological polar surface area (TPSA) is 0 Å². The van der Waals surface area contributed by atoms with Gasteiger partial charge in [0.15, 0.2) is 0 Å². The molecule has 2 aromatic rings. The molecule has 0 fully saturated rings. The van der Waals surface area contributed by atoms with Crippen molar-refractivity contribution in [1.82, 2.24) is 0 Å². The molecule has 0 N–H and O–H groups in total. The van der Waals surface area contributed by atoms with Gasteiger partial charge in [-0.2, -0.15) is 0 Å². The molecule has 0 amide bonds. The Balaban J connectivity index is 2.10. The predicted octanol–water partition coefficient (Wildman–Crippen LogP) is 4.60. The molecule has 0 saturated carbocycles. The second kappa shape index (κ2) is 5.67. The van der Waals surface area contributed by atoms with E-state index >= 15 is 0 Å². The maximum atomic E-state index is 2.33. The quantitative estimate of drug-likeness (QED) is 0.712. The van der Waals surface area contributed by atoms with Gasteiger partial charge in [-0.1, -0.05) is 68.4 Å². The zero-order valence-corrected chi connectivity index (χ0v) is 10.7. The van der Waals surface area contributed by atoms with E-state index in [1.54, 1.807) is 0 Å². The van der Waals surface area contributed by atoms with Crippen molar-refractivity contribution in [1.29, 1.82) is 0 Å². The van der Waals surface area contributed by atoms with E-state index < -0.39 is 0 Å². The molecule has 0 aliphatic carbocycles. The van der Waals surface area contributed by atoms with Crippen LogP contribution in [0.25, 0.3) is 0 Å². The van der Waals surface area contributed by atoms with Crippen LogP contribution in [0.2, 0.25) is 0 Å². The molecule has 0 aromatic heterocycles. The fourth-order valence-electron chi connectivity index (χ4n) is 2.23. The van der Waals surface area contributed by atoms with E-state index in [-0.39, 0.29) is 0 Å². The van der Waals surface area contributed by atoms with Crippen molar-refractivity contribution < 1.29 is 0 Å². The molecule has 17 heavy (non-hydrogen) atoms. The maximum Gasteiger partial charge on any atom is -0.0150 e. The summed E-state index contributed by atoms with van der Waals surface area (Å²) in [4.78, 5) is 0. The van der Waals surface area contributed by atoms with Gasteiger partial charge in [-0.3, -0.25) is 0 Å². The molecule has 0 bridgehead atoms. The van der Waals surface area contributed by atoms with Crippen molar-refractivity contribution >= 4 is 0 Å². The average molecular weight is 224 g/mol. The first kappa shape index (κ1) is 11.9. The summed E-state index contributed by atoms with van der Waals surface area (Å²) < 4.78 is 0. The van der Waals surface area contributed by atoms with Crippen LogP contribution >= 0.6 is 0 Å². The van der Waals surface area contributed by atoms with Gasteiger partial charge in [0, 0.05) is 0 Å². The van der Waals surface area contributed by atoms with Crippen LogP contribution in [0.15, 0.2) is 54.6 Å². The van der Waals surface area contributed by atoms with Gasteiger partial charge < -0.3 is 0 Å². The van der Waals surface area contributed by atoms with Crippen molar-refractivity contribution in [2.45, 2.75) is 32.6 Å². The van der Waals surface area contributed by atoms with Crippen LogP contribution < -0.4 is 0 Å². The Morgan fingerprint density at radius 1 is 0.882 bits per heavy atom. The van der Waals surface area contributed by atoms with E-state index in [1.165, 1.54) is 16.7 Å². The summed E-state index contributed by atoms with van der Waals surface area (Å²) in [5.74, 6) is 0.586. The lowest BCUT2D eigenvalue weighted by molar-refractivity contribution is 0.758. The van der Waals surface area contributed by atoms with E-state index in [4.69, 9.17) is 0 Å². The first-order valence-corrected chi connectivity index (χ1v) is 6.42. The molecule has 0 nitrogen and oxygen atoms in total. The number of rotatable bonds is 4. The second-order valence-electron chi connectivity index (χ2n) is 4.69. The summed E-state index contributed by atoms with van der Waals surface area (Å²) >= 11 is 0. The average Bonchev–Trinajstić information content (AvgIpc) is 2.40. The fraction of sp³-hybridized carbons (Fsp3) is 0.294. The van der Waals surface area contributed by atoms with Crippen LogP contribution in [-0.2, 0) is 12.8 Å². The summed E-state index contributed by atoms with van der Waals surface area (Å²) in [5, 5.41) is 0. The molecule has 0 heteroatoms. The summed E-state index contributed by atoms with van der Waals surface area (Å²) in [5.41, 5.74) is 4.30. The van der Waals surface area contributed by atoms with Gasteiger partial charge in [-0.05, 0) is 35.4 Å². The predicted molar refractivity (Wildman–Crippen MR) is 74.4 cm³/mol. The van der Waals surface area contributed by atoms with Crippen LogP contribution in [-0.4, -0.2) is 0 Å². The number of benzene rings is 2. The lowest BCUT2D eigenvalue weighted by Crippen LogP contribution is -1.98. The second-order valence-corrected chi connectivity index (χ2v) is 4.69. The Hall–Kier alpha value is -1.56. The molecule has 0 aliphatic rings. The highest BCUT2D eigenvalue weighted by atomic mass is 14.1. The summed E-state index contributed by atoms with van der Waals surface area (Å²) in [6.45, 7) is 4.51. The minimum absolute atomic E-state index is 0.586. The third-order valence-corrected chi connectivity index (χ3v) is 3.31. The summed E-state index contributed by atoms with van der Waals surface area (Å²) in [7, 11) is 0. The van der Waals surface area contributed by atoms with E-state index in [0.29, 0.717) is 5.92 Å². The fourth-order valence-corrected chi connectivity index (χ4v) is 2.23. The van der Waals surface area contributed by atoms with Crippen LogP contribution in [0.5, 0.6) is 0 Å². The Morgan fingerprint density at radius 2 is 1.59 bits per heavy atom. The zero-order chi connectivity index (χ0) is 12.1. The highest BCUT2D eigenvalue weighted by Crippen LogP contribution is 2.20. The van der Waals surface area contributed by atoms with Gasteiger partial charge in [0.25, 0.3) is 0 Å². The lowest BCUT2D eigenvalue weighted by Gasteiger charge is -2.12. The van der Waals surface area contributed by atoms with Gasteiger partial charge in [-0.15, -0.1) is 0 Å². The van der Waals surface area contributed by atoms with Crippen LogP contribution in [0.4, 0.5) is 0 Å². The molecule has 1 atom stereocenters. The van der Waals surface area contributed by atoms with E-state index in [0.717, 1.165) is 12.8 Å². The molecule has 0 radical (unpaired) electrons. The van der Waals surface area contributed by atoms with Crippen LogP contribution in [0.1, 0.15) is 36.5 Å². The minimum atomic E-state index is 0.586. The first-order valence-electron chi connectivity index (χ1n) is 6.42. The Labute approximate surface area is 104 Å². The van der Waals surface area contributed by atoms with Crippen LogP contribution in [0.3, 0.4) is 0 Å². The van der Waals surface area contributed by atoms with Crippen molar-refractivity contribution in [3.63, 3.8) is 0 Å². The zero-order valence-electron chi connectivity index (χ0n) is 10.7. The molecule has 2 aromatic carbocycles. The van der Waals surface area contributed by atoms with Gasteiger partial charge in [0.1, 0.15) is 0 Å². The summed E-state index contributed by atoms with van der Waals surface area (Å²) in [6, 6.07) is 19.7. The van der Waals surface area contributed by atoms with E-state index in [9.17, 15) is 0 Å². The smallest absolute Gasteiger partial charge is 0.0150 e. The molecular weight excluding hydrogens is 204 g/mol. The molecule has 0 heterocycles. The number of aryl methyl sites for hydroxylation is 1. The molecule has 0 aliphatic heterocycles. The lowest BCUT2D eigenvalue weighted by atomic mass is 9.93. The molecule has 1 unspecified atom stereocenters. The van der Waals surface area contributed by atoms with Crippen LogP contribution in [0, 0.1) is 0 Å². The number of hydrogen-bond acceptors (Lipinski definition) is 0. The first-order chi connectivity index (χ1) is 8.29.